The van der Waals surface area contributed by atoms with Crippen LogP contribution < -0.4 is 25.7 Å². The number of aromatic nitrogens is 1. The first kappa shape index (κ1) is 36.0. The van der Waals surface area contributed by atoms with Gasteiger partial charge in [0.2, 0.25) is 5.56 Å². The van der Waals surface area contributed by atoms with E-state index in [1.165, 1.54) is 12.1 Å². The monoisotopic (exact) mass is 706 g/mol. The predicted octanol–water partition coefficient (Wildman–Crippen LogP) is 5.35. The average Bonchev–Trinajstić information content (AvgIpc) is 3.16. The van der Waals surface area contributed by atoms with Crippen LogP contribution in [0.25, 0.3) is 10.9 Å². The Morgan fingerprint density at radius 1 is 0.942 bits per heavy atom. The number of benzene rings is 4. The van der Waals surface area contributed by atoms with Gasteiger partial charge in [-0.25, -0.2) is 4.79 Å². The molecule has 12 heteroatoms. The number of phenolic OH excluding ortho intramolecular Hbond substituents is 1. The van der Waals surface area contributed by atoms with Crippen molar-refractivity contribution in [2.24, 2.45) is 5.92 Å². The van der Waals surface area contributed by atoms with E-state index in [-0.39, 0.29) is 35.2 Å². The summed E-state index contributed by atoms with van der Waals surface area (Å²) in [7, 11) is 1.55. The largest absolute Gasteiger partial charge is 0.506 e. The maximum atomic E-state index is 13.5. The zero-order valence-corrected chi connectivity index (χ0v) is 28.7. The minimum Gasteiger partial charge on any atom is -0.506 e. The van der Waals surface area contributed by atoms with Gasteiger partial charge in [0.15, 0.2) is 0 Å². The number of aliphatic hydroxyl groups is 1. The molecule has 0 spiro atoms. The number of rotatable bonds is 13. The van der Waals surface area contributed by atoms with Crippen LogP contribution in [0.3, 0.4) is 0 Å². The van der Waals surface area contributed by atoms with Crippen LogP contribution in [0.4, 0.5) is 4.79 Å². The first-order valence-corrected chi connectivity index (χ1v) is 17.2. The third-order valence-electron chi connectivity index (χ3n) is 9.43. The van der Waals surface area contributed by atoms with Gasteiger partial charge in [0.1, 0.15) is 17.2 Å². The molecule has 1 aromatic heterocycles. The van der Waals surface area contributed by atoms with Crippen molar-refractivity contribution >= 4 is 22.9 Å². The molecule has 12 nitrogen and oxygen atoms in total. The van der Waals surface area contributed by atoms with Crippen molar-refractivity contribution in [1.82, 2.24) is 20.5 Å². The van der Waals surface area contributed by atoms with Gasteiger partial charge in [0.25, 0.3) is 5.91 Å². The number of hydrogen-bond acceptors (Lipinski definition) is 8. The first-order chi connectivity index (χ1) is 25.2. The number of aromatic hydroxyl groups is 1. The van der Waals surface area contributed by atoms with Crippen molar-refractivity contribution in [3.8, 4) is 17.2 Å². The smallest absolute Gasteiger partial charge is 0.405 e. The molecular formula is C40H42N4O8. The molecule has 1 aliphatic rings. The quantitative estimate of drug-likeness (QED) is 0.0943. The third kappa shape index (κ3) is 8.53. The maximum Gasteiger partial charge on any atom is 0.405 e. The fourth-order valence-corrected chi connectivity index (χ4v) is 6.64. The molecule has 270 valence electrons. The Morgan fingerprint density at radius 3 is 2.46 bits per heavy atom. The molecule has 2 amide bonds. The molecule has 52 heavy (non-hydrogen) atoms. The molecule has 0 radical (unpaired) electrons. The highest BCUT2D eigenvalue weighted by atomic mass is 16.5. The Labute approximate surface area is 300 Å². The second-order valence-corrected chi connectivity index (χ2v) is 12.9. The number of aromatic amines is 1. The number of carbonyl (C=O) groups is 2. The lowest BCUT2D eigenvalue weighted by Crippen LogP contribution is -2.39. The topological polar surface area (TPSA) is 173 Å². The van der Waals surface area contributed by atoms with Crippen molar-refractivity contribution in [2.45, 2.75) is 31.5 Å². The van der Waals surface area contributed by atoms with Gasteiger partial charge in [-0.2, -0.15) is 0 Å². The molecule has 0 aliphatic carbocycles. The van der Waals surface area contributed by atoms with Gasteiger partial charge in [-0.15, -0.1) is 0 Å². The van der Waals surface area contributed by atoms with Crippen molar-refractivity contribution in [2.75, 3.05) is 33.4 Å². The highest BCUT2D eigenvalue weighted by Gasteiger charge is 2.25. The number of nitrogens with zero attached hydrogens (tertiary/aromatic N) is 1. The average molecular weight is 707 g/mol. The van der Waals surface area contributed by atoms with Crippen molar-refractivity contribution in [1.29, 1.82) is 0 Å². The number of likely N-dealkylation sites (tertiary alicyclic amines) is 1. The lowest BCUT2D eigenvalue weighted by atomic mass is 9.96. The van der Waals surface area contributed by atoms with E-state index in [4.69, 9.17) is 9.47 Å². The second-order valence-electron chi connectivity index (χ2n) is 12.9. The SMILES string of the molecule is COc1cc(C(=O)N2CCC(COc3cccc([C@@H](NC(=O)O)c4ccccc4)c3)CC2)ccc1CNCC(O)c1ccc(O)c2[nH]c(=O)ccc12. The molecule has 1 unspecified atom stereocenters. The van der Waals surface area contributed by atoms with Crippen LogP contribution in [0.2, 0.25) is 0 Å². The summed E-state index contributed by atoms with van der Waals surface area (Å²) in [6.07, 6.45) is -0.450. The molecule has 6 rings (SSSR count). The van der Waals surface area contributed by atoms with Crippen LogP contribution in [-0.4, -0.2) is 70.6 Å². The zero-order valence-electron chi connectivity index (χ0n) is 28.7. The Balaban J connectivity index is 1.00. The van der Waals surface area contributed by atoms with Crippen LogP contribution in [0, 0.1) is 5.92 Å². The van der Waals surface area contributed by atoms with Crippen molar-refractivity contribution in [3.05, 3.63) is 135 Å². The summed E-state index contributed by atoms with van der Waals surface area (Å²) in [6, 6.07) is 27.7. The van der Waals surface area contributed by atoms with Crippen LogP contribution in [0.15, 0.2) is 102 Å². The third-order valence-corrected chi connectivity index (χ3v) is 9.43. The Hall–Kier alpha value is -5.85. The van der Waals surface area contributed by atoms with Gasteiger partial charge in [-0.05, 0) is 71.8 Å². The first-order valence-electron chi connectivity index (χ1n) is 17.2. The number of H-pyrrole nitrogens is 1. The molecule has 1 fully saturated rings. The molecule has 0 saturated carbocycles. The van der Waals surface area contributed by atoms with Gasteiger partial charge < -0.3 is 45.3 Å². The fourth-order valence-electron chi connectivity index (χ4n) is 6.64. The number of carboxylic acid groups (broad SMARTS) is 1. The molecular weight excluding hydrogens is 664 g/mol. The van der Waals surface area contributed by atoms with E-state index in [0.717, 1.165) is 29.5 Å². The molecule has 5 aromatic rings. The summed E-state index contributed by atoms with van der Waals surface area (Å²) in [5.41, 5.74) is 3.46. The predicted molar refractivity (Wildman–Crippen MR) is 196 cm³/mol. The highest BCUT2D eigenvalue weighted by Crippen LogP contribution is 2.30. The number of piperidine rings is 1. The maximum absolute atomic E-state index is 13.5. The lowest BCUT2D eigenvalue weighted by Gasteiger charge is -2.32. The van der Waals surface area contributed by atoms with Crippen LogP contribution >= 0.6 is 0 Å². The number of amides is 2. The van der Waals surface area contributed by atoms with Gasteiger partial charge in [-0.3, -0.25) is 9.59 Å². The van der Waals surface area contributed by atoms with Gasteiger partial charge >= 0.3 is 6.09 Å². The minimum absolute atomic E-state index is 0.0702. The van der Waals surface area contributed by atoms with Gasteiger partial charge in [-0.1, -0.05) is 54.6 Å². The summed E-state index contributed by atoms with van der Waals surface area (Å²) in [5.74, 6) is 1.33. The Kier molecular flexibility index (Phi) is 11.4. The van der Waals surface area contributed by atoms with E-state index in [0.29, 0.717) is 54.3 Å². The van der Waals surface area contributed by atoms with Crippen molar-refractivity contribution in [3.63, 3.8) is 0 Å². The summed E-state index contributed by atoms with van der Waals surface area (Å²) in [6.45, 7) is 2.24. The zero-order chi connectivity index (χ0) is 36.6. The molecule has 1 saturated heterocycles. The number of carbonyl (C=O) groups excluding carboxylic acids is 1. The second kappa shape index (κ2) is 16.4. The number of ether oxygens (including phenoxy) is 2. The van der Waals surface area contributed by atoms with E-state index in [1.807, 2.05) is 65.6 Å². The van der Waals surface area contributed by atoms with Crippen LogP contribution in [0.1, 0.15) is 57.6 Å². The van der Waals surface area contributed by atoms with Crippen molar-refractivity contribution < 1.29 is 34.4 Å². The van der Waals surface area contributed by atoms with Crippen LogP contribution in [0.5, 0.6) is 17.2 Å². The molecule has 0 bridgehead atoms. The number of nitrogens with one attached hydrogen (secondary N) is 3. The number of hydrogen-bond donors (Lipinski definition) is 6. The minimum atomic E-state index is -1.11. The van der Waals surface area contributed by atoms with Crippen LogP contribution in [-0.2, 0) is 6.54 Å². The van der Waals surface area contributed by atoms with E-state index in [9.17, 15) is 29.7 Å². The van der Waals surface area contributed by atoms with E-state index in [1.54, 1.807) is 31.4 Å². The number of pyridine rings is 1. The summed E-state index contributed by atoms with van der Waals surface area (Å²) >= 11 is 0. The summed E-state index contributed by atoms with van der Waals surface area (Å²) in [4.78, 5) is 41.2. The van der Waals surface area contributed by atoms with E-state index >= 15 is 0 Å². The van der Waals surface area contributed by atoms with E-state index in [2.05, 4.69) is 15.6 Å². The number of methoxy groups -OCH3 is 1. The van der Waals surface area contributed by atoms with Gasteiger partial charge in [0.05, 0.1) is 31.4 Å². The molecule has 2 heterocycles. The number of aliphatic hydroxyl groups excluding tert-OH is 1. The van der Waals surface area contributed by atoms with E-state index < -0.39 is 18.2 Å². The molecule has 1 aliphatic heterocycles. The lowest BCUT2D eigenvalue weighted by molar-refractivity contribution is 0.0660. The fraction of sp³-hybridized carbons (Fsp3) is 0.275. The standard InChI is InChI=1S/C40H42N4O8/c1-51-35-21-28(10-11-29(35)22-41-23-34(46)31-12-14-33(45)38-32(31)13-15-36(47)42-38)39(48)44-18-16-25(17-19-44)24-52-30-9-5-8-27(20-30)37(43-40(49)50)26-6-3-2-4-7-26/h2-15,20-21,25,34,37,41,43,45-46H,16-19,22-24H2,1H3,(H,42,47)(H,49,50)/t34?,37-/m0/s1. The summed E-state index contributed by atoms with van der Waals surface area (Å²) in [5, 5.41) is 36.9. The Morgan fingerprint density at radius 2 is 1.71 bits per heavy atom. The molecule has 6 N–H and O–H groups in total. The highest BCUT2D eigenvalue weighted by molar-refractivity contribution is 5.95. The number of fused-ring (bicyclic) bond motifs is 1. The summed E-state index contributed by atoms with van der Waals surface area (Å²) < 4.78 is 11.8. The molecule has 4 aromatic carbocycles. The normalized spacial score (nSPS) is 14.5. The molecule has 2 atom stereocenters. The number of phenols is 1. The Bertz CT molecular complexity index is 2080. The van der Waals surface area contributed by atoms with Gasteiger partial charge in [0, 0.05) is 48.8 Å².